The van der Waals surface area contributed by atoms with Crippen LogP contribution in [-0.4, -0.2) is 6.61 Å². The summed E-state index contributed by atoms with van der Waals surface area (Å²) in [5, 5.41) is 10.3. The molecule has 0 unspecified atom stereocenters. The van der Waals surface area contributed by atoms with Gasteiger partial charge in [-0.1, -0.05) is 60.1 Å². The minimum absolute atomic E-state index is 0.346. The molecule has 0 fully saturated rings. The number of hydrogen-bond acceptors (Lipinski definition) is 3. The molecule has 3 aromatic carbocycles. The summed E-state index contributed by atoms with van der Waals surface area (Å²) in [5.41, 5.74) is 3.26. The first-order valence-corrected chi connectivity index (χ1v) is 10.6. The second-order valence-electron chi connectivity index (χ2n) is 6.18. The highest BCUT2D eigenvalue weighted by Gasteiger charge is 2.13. The molecular weight excluding hydrogens is 497 g/mol. The average Bonchev–Trinajstić information content (AvgIpc) is 2.73. The van der Waals surface area contributed by atoms with Crippen molar-refractivity contribution in [3.8, 4) is 17.6 Å². The lowest BCUT2D eigenvalue weighted by atomic mass is 10.0. The highest BCUT2D eigenvalue weighted by molar-refractivity contribution is 14.1. The Morgan fingerprint density at radius 1 is 1.07 bits per heavy atom. The molecule has 0 aliphatic rings. The van der Waals surface area contributed by atoms with Crippen LogP contribution in [0.3, 0.4) is 0 Å². The molecule has 3 nitrogen and oxygen atoms in total. The van der Waals surface area contributed by atoms with Gasteiger partial charge < -0.3 is 9.47 Å². The molecule has 0 bridgehead atoms. The van der Waals surface area contributed by atoms with Crippen LogP contribution in [0.1, 0.15) is 23.6 Å². The summed E-state index contributed by atoms with van der Waals surface area (Å²) in [7, 11) is 0. The molecule has 0 aliphatic carbocycles. The quantitative estimate of drug-likeness (QED) is 0.194. The smallest absolute Gasteiger partial charge is 0.175 e. The Bertz CT molecular complexity index is 1060. The van der Waals surface area contributed by atoms with E-state index >= 15 is 0 Å². The van der Waals surface area contributed by atoms with Crippen molar-refractivity contribution in [1.82, 2.24) is 0 Å². The molecule has 146 valence electrons. The highest BCUT2D eigenvalue weighted by Crippen LogP contribution is 2.36. The lowest BCUT2D eigenvalue weighted by molar-refractivity contribution is 0.267. The first kappa shape index (κ1) is 21.2. The van der Waals surface area contributed by atoms with Crippen LogP contribution in [0.2, 0.25) is 5.02 Å². The fourth-order valence-corrected chi connectivity index (χ4v) is 3.78. The summed E-state index contributed by atoms with van der Waals surface area (Å²) in [6.45, 7) is 2.78. The van der Waals surface area contributed by atoms with E-state index in [4.69, 9.17) is 21.1 Å². The van der Waals surface area contributed by atoms with Crippen LogP contribution in [-0.2, 0) is 6.61 Å². The molecule has 0 atom stereocenters. The van der Waals surface area contributed by atoms with E-state index in [1.165, 1.54) is 0 Å². The van der Waals surface area contributed by atoms with Gasteiger partial charge in [0.25, 0.3) is 0 Å². The maximum Gasteiger partial charge on any atom is 0.175 e. The van der Waals surface area contributed by atoms with Gasteiger partial charge >= 0.3 is 0 Å². The molecule has 3 aromatic rings. The predicted molar refractivity (Wildman–Crippen MR) is 126 cm³/mol. The van der Waals surface area contributed by atoms with Crippen molar-refractivity contribution < 1.29 is 9.47 Å². The zero-order valence-corrected chi connectivity index (χ0v) is 18.8. The van der Waals surface area contributed by atoms with E-state index in [9.17, 15) is 5.26 Å². The third-order valence-electron chi connectivity index (χ3n) is 4.18. The van der Waals surface area contributed by atoms with Gasteiger partial charge in [0.05, 0.1) is 21.8 Å². The Hall–Kier alpha value is -2.49. The molecule has 0 saturated heterocycles. The Labute approximate surface area is 189 Å². The third-order valence-corrected chi connectivity index (χ3v) is 5.35. The molecule has 0 saturated carbocycles. The Morgan fingerprint density at radius 2 is 1.79 bits per heavy atom. The molecular formula is C24H19ClINO2. The summed E-state index contributed by atoms with van der Waals surface area (Å²) >= 11 is 8.46. The van der Waals surface area contributed by atoms with Crippen molar-refractivity contribution >= 4 is 45.8 Å². The van der Waals surface area contributed by atoms with Gasteiger partial charge in [0, 0.05) is 10.6 Å². The van der Waals surface area contributed by atoms with E-state index in [1.54, 1.807) is 0 Å². The summed E-state index contributed by atoms with van der Waals surface area (Å²) in [5.74, 6) is 1.31. The van der Waals surface area contributed by atoms with Gasteiger partial charge in [0.2, 0.25) is 0 Å². The Morgan fingerprint density at radius 3 is 2.48 bits per heavy atom. The Balaban J connectivity index is 1.93. The van der Waals surface area contributed by atoms with E-state index in [2.05, 4.69) is 28.7 Å². The van der Waals surface area contributed by atoms with Gasteiger partial charge in [0.15, 0.2) is 11.5 Å². The van der Waals surface area contributed by atoms with E-state index in [0.717, 1.165) is 20.3 Å². The first-order valence-electron chi connectivity index (χ1n) is 9.12. The molecule has 0 spiro atoms. The number of ether oxygens (including phenoxy) is 2. The number of hydrogen-bond donors (Lipinski definition) is 0. The molecule has 0 aliphatic heterocycles. The van der Waals surface area contributed by atoms with Crippen LogP contribution in [0.15, 0.2) is 66.7 Å². The first-order chi connectivity index (χ1) is 14.1. The molecule has 0 aromatic heterocycles. The number of allylic oxidation sites excluding steroid dienone is 1. The molecule has 5 heteroatoms. The van der Waals surface area contributed by atoms with Crippen molar-refractivity contribution in [3.05, 3.63) is 92.0 Å². The van der Waals surface area contributed by atoms with Gasteiger partial charge in [-0.25, -0.2) is 0 Å². The fourth-order valence-electron chi connectivity index (χ4n) is 2.80. The minimum atomic E-state index is 0.346. The second kappa shape index (κ2) is 10.3. The van der Waals surface area contributed by atoms with Gasteiger partial charge in [0.1, 0.15) is 6.61 Å². The monoisotopic (exact) mass is 515 g/mol. The summed E-state index contributed by atoms with van der Waals surface area (Å²) in [4.78, 5) is 0. The molecule has 0 radical (unpaired) electrons. The van der Waals surface area contributed by atoms with Crippen LogP contribution in [0, 0.1) is 14.9 Å². The van der Waals surface area contributed by atoms with Gasteiger partial charge in [-0.05, 0) is 64.9 Å². The number of benzene rings is 3. The molecule has 3 rings (SSSR count). The average molecular weight is 516 g/mol. The standard InChI is InChI=1S/C24H19ClINO2/c1-2-28-23-14-17(12-20(15-27)18-8-4-3-5-9-18)13-22(26)24(23)29-16-19-10-6-7-11-21(19)25/h3-14H,2,16H2,1H3/b20-12-. The highest BCUT2D eigenvalue weighted by atomic mass is 127. The maximum atomic E-state index is 9.59. The van der Waals surface area contributed by atoms with Crippen molar-refractivity contribution in [2.45, 2.75) is 13.5 Å². The van der Waals surface area contributed by atoms with Crippen LogP contribution >= 0.6 is 34.2 Å². The van der Waals surface area contributed by atoms with Gasteiger partial charge in [-0.3, -0.25) is 0 Å². The predicted octanol–water partition coefficient (Wildman–Crippen LogP) is 6.99. The van der Waals surface area contributed by atoms with Crippen LogP contribution in [0.25, 0.3) is 11.6 Å². The lowest BCUT2D eigenvalue weighted by Crippen LogP contribution is -2.02. The summed E-state index contributed by atoms with van der Waals surface area (Å²) in [6, 6.07) is 23.4. The summed E-state index contributed by atoms with van der Waals surface area (Å²) < 4.78 is 12.8. The largest absolute Gasteiger partial charge is 0.490 e. The van der Waals surface area contributed by atoms with Crippen LogP contribution in [0.4, 0.5) is 0 Å². The van der Waals surface area contributed by atoms with Gasteiger partial charge in [-0.2, -0.15) is 5.26 Å². The molecule has 0 heterocycles. The molecule has 29 heavy (non-hydrogen) atoms. The van der Waals surface area contributed by atoms with Crippen molar-refractivity contribution in [2.24, 2.45) is 0 Å². The second-order valence-corrected chi connectivity index (χ2v) is 7.75. The van der Waals surface area contributed by atoms with E-state index in [0.29, 0.717) is 35.3 Å². The maximum absolute atomic E-state index is 9.59. The number of nitriles is 1. The van der Waals surface area contributed by atoms with E-state index in [-0.39, 0.29) is 0 Å². The van der Waals surface area contributed by atoms with Crippen LogP contribution < -0.4 is 9.47 Å². The minimum Gasteiger partial charge on any atom is -0.490 e. The zero-order valence-electron chi connectivity index (χ0n) is 15.9. The number of halogens is 2. The normalized spacial score (nSPS) is 11.0. The number of nitrogens with zero attached hydrogens (tertiary/aromatic N) is 1. The topological polar surface area (TPSA) is 42.2 Å². The molecule has 0 amide bonds. The number of rotatable bonds is 7. The fraction of sp³-hybridized carbons (Fsp3) is 0.125. The van der Waals surface area contributed by atoms with Gasteiger partial charge in [-0.15, -0.1) is 0 Å². The Kier molecular flexibility index (Phi) is 7.56. The SMILES string of the molecule is CCOc1cc(/C=C(/C#N)c2ccccc2)cc(I)c1OCc1ccccc1Cl. The van der Waals surface area contributed by atoms with E-state index < -0.39 is 0 Å². The van der Waals surface area contributed by atoms with Crippen molar-refractivity contribution in [2.75, 3.05) is 6.61 Å². The zero-order chi connectivity index (χ0) is 20.6. The summed E-state index contributed by atoms with van der Waals surface area (Å²) in [6.07, 6.45) is 1.86. The van der Waals surface area contributed by atoms with Crippen molar-refractivity contribution in [3.63, 3.8) is 0 Å². The van der Waals surface area contributed by atoms with Crippen molar-refractivity contribution in [1.29, 1.82) is 5.26 Å². The third kappa shape index (κ3) is 5.53. The van der Waals surface area contributed by atoms with E-state index in [1.807, 2.05) is 79.7 Å². The lowest BCUT2D eigenvalue weighted by Gasteiger charge is -2.15. The molecule has 0 N–H and O–H groups in total. The van der Waals surface area contributed by atoms with Crippen LogP contribution in [0.5, 0.6) is 11.5 Å².